The van der Waals surface area contributed by atoms with Gasteiger partial charge < -0.3 is 4.57 Å². The van der Waals surface area contributed by atoms with E-state index < -0.39 is 0 Å². The van der Waals surface area contributed by atoms with Crippen molar-refractivity contribution in [3.8, 4) is 0 Å². The van der Waals surface area contributed by atoms with E-state index in [0.29, 0.717) is 11.2 Å². The predicted molar refractivity (Wildman–Crippen MR) is 78.0 cm³/mol. The van der Waals surface area contributed by atoms with Crippen molar-refractivity contribution in [2.45, 2.75) is 33.4 Å². The zero-order valence-corrected chi connectivity index (χ0v) is 12.2. The van der Waals surface area contributed by atoms with Gasteiger partial charge in [-0.3, -0.25) is 9.36 Å². The maximum atomic E-state index is 12.4. The Kier molecular flexibility index (Phi) is 3.35. The summed E-state index contributed by atoms with van der Waals surface area (Å²) in [5.41, 5.74) is 1.83. The molecular weight excluding hydrogens is 274 g/mol. The number of aryl methyl sites for hydroxylation is 2. The van der Waals surface area contributed by atoms with E-state index in [1.807, 2.05) is 16.9 Å². The first-order chi connectivity index (χ1) is 9.70. The van der Waals surface area contributed by atoms with Gasteiger partial charge in [-0.05, 0) is 24.3 Å². The van der Waals surface area contributed by atoms with Crippen LogP contribution in [0, 0.1) is 6.92 Å². The summed E-state index contributed by atoms with van der Waals surface area (Å²) >= 11 is 1.44. The van der Waals surface area contributed by atoms with E-state index in [0.717, 1.165) is 29.9 Å². The Bertz CT molecular complexity index is 801. The molecule has 0 N–H and O–H groups in total. The monoisotopic (exact) mass is 289 g/mol. The highest BCUT2D eigenvalue weighted by Gasteiger charge is 2.11. The minimum atomic E-state index is -0.0147. The molecule has 0 aliphatic rings. The molecule has 0 spiro atoms. The third-order valence-electron chi connectivity index (χ3n) is 3.20. The quantitative estimate of drug-likeness (QED) is 0.735. The molecule has 3 heterocycles. The Hall–Kier alpha value is -2.02. The van der Waals surface area contributed by atoms with Gasteiger partial charge in [0.25, 0.3) is 5.56 Å². The average molecular weight is 289 g/mol. The van der Waals surface area contributed by atoms with Gasteiger partial charge in [0.05, 0.1) is 18.4 Å². The Labute approximate surface area is 119 Å². The molecule has 0 atom stereocenters. The van der Waals surface area contributed by atoms with Gasteiger partial charge in [0, 0.05) is 6.54 Å². The van der Waals surface area contributed by atoms with Crippen LogP contribution in [-0.4, -0.2) is 24.3 Å². The van der Waals surface area contributed by atoms with Crippen LogP contribution in [0.2, 0.25) is 0 Å². The van der Waals surface area contributed by atoms with Crippen LogP contribution < -0.4 is 5.56 Å². The normalized spacial score (nSPS) is 11.3. The third kappa shape index (κ3) is 2.14. The second-order valence-electron chi connectivity index (χ2n) is 4.71. The van der Waals surface area contributed by atoms with E-state index in [4.69, 9.17) is 0 Å². The maximum absolute atomic E-state index is 12.4. The minimum Gasteiger partial charge on any atom is -0.316 e. The first-order valence-electron chi connectivity index (χ1n) is 6.50. The molecule has 104 valence electrons. The Morgan fingerprint density at radius 2 is 2.15 bits per heavy atom. The number of aromatic nitrogens is 5. The molecule has 0 aromatic carbocycles. The number of nitrogens with zero attached hydrogens (tertiary/aromatic N) is 5. The van der Waals surface area contributed by atoms with E-state index in [1.165, 1.54) is 11.3 Å². The molecule has 3 rings (SSSR count). The first kappa shape index (κ1) is 13.0. The van der Waals surface area contributed by atoms with E-state index in [-0.39, 0.29) is 5.56 Å². The average Bonchev–Trinajstić information content (AvgIpc) is 3.02. The minimum absolute atomic E-state index is 0.0147. The molecule has 7 heteroatoms. The van der Waals surface area contributed by atoms with Gasteiger partial charge >= 0.3 is 0 Å². The SMILES string of the molecule is CCCn1cnnc1Cn1cnc2c(C)csc2c1=O. The van der Waals surface area contributed by atoms with Crippen LogP contribution in [0.5, 0.6) is 0 Å². The van der Waals surface area contributed by atoms with Crippen molar-refractivity contribution < 1.29 is 0 Å². The van der Waals surface area contributed by atoms with E-state index >= 15 is 0 Å². The van der Waals surface area contributed by atoms with Crippen molar-refractivity contribution in [3.63, 3.8) is 0 Å². The Morgan fingerprint density at radius 3 is 2.95 bits per heavy atom. The number of thiophene rings is 1. The molecule has 0 fully saturated rings. The Balaban J connectivity index is 2.00. The lowest BCUT2D eigenvalue weighted by Crippen LogP contribution is -2.22. The molecule has 0 aliphatic heterocycles. The second kappa shape index (κ2) is 5.16. The standard InChI is InChI=1S/C13H15N5OS/c1-3-4-17-8-15-16-10(17)5-18-7-14-11-9(2)6-20-12(11)13(18)19/h6-8H,3-5H2,1-2H3. The number of hydrogen-bond acceptors (Lipinski definition) is 5. The topological polar surface area (TPSA) is 65.6 Å². The summed E-state index contributed by atoms with van der Waals surface area (Å²) in [4.78, 5) is 16.8. The van der Waals surface area contributed by atoms with Crippen molar-refractivity contribution in [1.29, 1.82) is 0 Å². The van der Waals surface area contributed by atoms with Gasteiger partial charge in [0.15, 0.2) is 5.82 Å². The van der Waals surface area contributed by atoms with Crippen LogP contribution in [0.3, 0.4) is 0 Å². The van der Waals surface area contributed by atoms with Gasteiger partial charge in [-0.1, -0.05) is 6.92 Å². The fraction of sp³-hybridized carbons (Fsp3) is 0.385. The van der Waals surface area contributed by atoms with Crippen molar-refractivity contribution in [3.05, 3.63) is 39.8 Å². The molecule has 0 amide bonds. The smallest absolute Gasteiger partial charge is 0.271 e. The molecule has 20 heavy (non-hydrogen) atoms. The molecule has 6 nitrogen and oxygen atoms in total. The van der Waals surface area contributed by atoms with E-state index in [2.05, 4.69) is 22.1 Å². The molecule has 0 radical (unpaired) electrons. The summed E-state index contributed by atoms with van der Waals surface area (Å²) in [6.45, 7) is 5.31. The lowest BCUT2D eigenvalue weighted by atomic mass is 10.3. The van der Waals surface area contributed by atoms with Crippen molar-refractivity contribution in [2.75, 3.05) is 0 Å². The summed E-state index contributed by atoms with van der Waals surface area (Å²) < 4.78 is 4.26. The molecule has 0 bridgehead atoms. The van der Waals surface area contributed by atoms with Crippen LogP contribution in [0.25, 0.3) is 10.2 Å². The summed E-state index contributed by atoms with van der Waals surface area (Å²) in [6, 6.07) is 0. The summed E-state index contributed by atoms with van der Waals surface area (Å²) in [5.74, 6) is 0.781. The molecule has 3 aromatic rings. The van der Waals surface area contributed by atoms with Crippen LogP contribution >= 0.6 is 11.3 Å². The number of hydrogen-bond donors (Lipinski definition) is 0. The van der Waals surface area contributed by atoms with Gasteiger partial charge in [-0.15, -0.1) is 21.5 Å². The zero-order chi connectivity index (χ0) is 14.1. The number of rotatable bonds is 4. The van der Waals surface area contributed by atoms with Crippen molar-refractivity contribution >= 4 is 21.6 Å². The van der Waals surface area contributed by atoms with Crippen molar-refractivity contribution in [2.24, 2.45) is 0 Å². The van der Waals surface area contributed by atoms with E-state index in [1.54, 1.807) is 17.2 Å². The zero-order valence-electron chi connectivity index (χ0n) is 11.4. The van der Waals surface area contributed by atoms with Crippen LogP contribution in [0.1, 0.15) is 24.7 Å². The van der Waals surface area contributed by atoms with Gasteiger partial charge in [0.2, 0.25) is 0 Å². The van der Waals surface area contributed by atoms with Crippen LogP contribution in [0.15, 0.2) is 22.8 Å². The molecule has 3 aromatic heterocycles. The summed E-state index contributed by atoms with van der Waals surface area (Å²) in [6.07, 6.45) is 4.29. The van der Waals surface area contributed by atoms with Gasteiger partial charge in [-0.25, -0.2) is 4.98 Å². The lowest BCUT2D eigenvalue weighted by Gasteiger charge is -2.07. The highest BCUT2D eigenvalue weighted by molar-refractivity contribution is 7.17. The summed E-state index contributed by atoms with van der Waals surface area (Å²) in [5, 5.41) is 9.96. The molecule has 0 unspecified atom stereocenters. The maximum Gasteiger partial charge on any atom is 0.271 e. The largest absolute Gasteiger partial charge is 0.316 e. The van der Waals surface area contributed by atoms with Crippen LogP contribution in [-0.2, 0) is 13.1 Å². The van der Waals surface area contributed by atoms with Crippen molar-refractivity contribution in [1.82, 2.24) is 24.3 Å². The molecule has 0 aliphatic carbocycles. The summed E-state index contributed by atoms with van der Waals surface area (Å²) in [7, 11) is 0. The molecule has 0 saturated carbocycles. The highest BCUT2D eigenvalue weighted by atomic mass is 32.1. The van der Waals surface area contributed by atoms with Gasteiger partial charge in [0.1, 0.15) is 11.0 Å². The third-order valence-corrected chi connectivity index (χ3v) is 4.27. The lowest BCUT2D eigenvalue weighted by molar-refractivity contribution is 0.603. The second-order valence-corrected chi connectivity index (χ2v) is 5.59. The fourth-order valence-electron chi connectivity index (χ4n) is 2.15. The highest BCUT2D eigenvalue weighted by Crippen LogP contribution is 2.19. The van der Waals surface area contributed by atoms with Gasteiger partial charge in [-0.2, -0.15) is 0 Å². The van der Waals surface area contributed by atoms with E-state index in [9.17, 15) is 4.79 Å². The van der Waals surface area contributed by atoms with Crippen LogP contribution in [0.4, 0.5) is 0 Å². The fourth-order valence-corrected chi connectivity index (χ4v) is 3.10. The number of fused-ring (bicyclic) bond motifs is 1. The predicted octanol–water partition coefficient (Wildman–Crippen LogP) is 1.82. The Morgan fingerprint density at radius 1 is 1.30 bits per heavy atom. The molecular formula is C13H15N5OS. The first-order valence-corrected chi connectivity index (χ1v) is 7.38. The molecule has 0 saturated heterocycles.